The number of hydrogen-bond acceptors (Lipinski definition) is 6. The van der Waals surface area contributed by atoms with Crippen molar-refractivity contribution in [2.75, 3.05) is 6.61 Å². The molecule has 8 nitrogen and oxygen atoms in total. The summed E-state index contributed by atoms with van der Waals surface area (Å²) in [5.41, 5.74) is 4.26. The van der Waals surface area contributed by atoms with Crippen molar-refractivity contribution in [2.24, 2.45) is 5.10 Å². The summed E-state index contributed by atoms with van der Waals surface area (Å²) in [4.78, 5) is 22.0. The zero-order chi connectivity index (χ0) is 20.6. The van der Waals surface area contributed by atoms with Crippen LogP contribution in [0.2, 0.25) is 0 Å². The lowest BCUT2D eigenvalue weighted by molar-refractivity contribution is -0.384. The van der Waals surface area contributed by atoms with Crippen molar-refractivity contribution in [1.29, 1.82) is 0 Å². The second kappa shape index (κ2) is 9.14. The molecule has 29 heavy (non-hydrogen) atoms. The third-order valence-electron chi connectivity index (χ3n) is 3.95. The minimum atomic E-state index is -0.591. The molecule has 3 rings (SSSR count). The first-order valence-corrected chi connectivity index (χ1v) is 8.60. The van der Waals surface area contributed by atoms with Gasteiger partial charge in [0.25, 0.3) is 11.6 Å². The Labute approximate surface area is 166 Å². The molecule has 8 heteroatoms. The van der Waals surface area contributed by atoms with Crippen LogP contribution in [0.25, 0.3) is 11.1 Å². The number of nitrogens with zero attached hydrogens (tertiary/aromatic N) is 2. The van der Waals surface area contributed by atoms with E-state index in [2.05, 4.69) is 10.5 Å². The van der Waals surface area contributed by atoms with E-state index in [-0.39, 0.29) is 23.6 Å². The van der Waals surface area contributed by atoms with Crippen LogP contribution in [0.1, 0.15) is 5.56 Å². The number of ether oxygens (including phenoxy) is 1. The van der Waals surface area contributed by atoms with Crippen molar-refractivity contribution in [2.45, 2.75) is 0 Å². The van der Waals surface area contributed by atoms with Crippen molar-refractivity contribution in [1.82, 2.24) is 5.43 Å². The lowest BCUT2D eigenvalue weighted by Gasteiger charge is -2.06. The van der Waals surface area contributed by atoms with E-state index in [0.717, 1.165) is 23.4 Å². The molecule has 0 heterocycles. The Morgan fingerprint density at radius 1 is 1.07 bits per heavy atom. The van der Waals surface area contributed by atoms with E-state index in [9.17, 15) is 20.0 Å². The number of hydrogen-bond donors (Lipinski definition) is 2. The first-order chi connectivity index (χ1) is 14.0. The number of amides is 1. The quantitative estimate of drug-likeness (QED) is 0.363. The molecule has 0 radical (unpaired) electrons. The largest absolute Gasteiger partial charge is 0.507 e. The van der Waals surface area contributed by atoms with Gasteiger partial charge in [-0.25, -0.2) is 5.43 Å². The molecule has 0 unspecified atom stereocenters. The van der Waals surface area contributed by atoms with Gasteiger partial charge in [-0.1, -0.05) is 42.5 Å². The highest BCUT2D eigenvalue weighted by atomic mass is 16.6. The number of non-ortho nitro benzene ring substituents is 1. The van der Waals surface area contributed by atoms with Gasteiger partial charge in [0, 0.05) is 17.7 Å². The number of nitro benzene ring substituents is 1. The molecule has 0 aromatic heterocycles. The molecular weight excluding hydrogens is 374 g/mol. The molecule has 146 valence electrons. The predicted molar refractivity (Wildman–Crippen MR) is 108 cm³/mol. The number of rotatable bonds is 7. The molecule has 0 aliphatic carbocycles. The molecule has 3 aromatic rings. The number of carbonyl (C=O) groups is 1. The number of aromatic hydroxyl groups is 1. The standard InChI is InChI=1S/C21H17N3O5/c25-20-11-8-18(24(27)28)12-17(20)13-22-23-21(26)14-29-19-9-6-16(7-10-19)15-4-2-1-3-5-15/h1-13,25H,14H2,(H,23,26)/b22-13+. The van der Waals surface area contributed by atoms with E-state index in [1.807, 2.05) is 42.5 Å². The van der Waals surface area contributed by atoms with Gasteiger partial charge in [-0.05, 0) is 29.3 Å². The molecule has 3 aromatic carbocycles. The van der Waals surface area contributed by atoms with Gasteiger partial charge in [-0.3, -0.25) is 14.9 Å². The second-order valence-corrected chi connectivity index (χ2v) is 5.97. The van der Waals surface area contributed by atoms with Crippen LogP contribution in [-0.4, -0.2) is 28.8 Å². The summed E-state index contributed by atoms with van der Waals surface area (Å²) in [6, 6.07) is 20.7. The Morgan fingerprint density at radius 2 is 1.76 bits per heavy atom. The van der Waals surface area contributed by atoms with Crippen LogP contribution >= 0.6 is 0 Å². The molecule has 2 N–H and O–H groups in total. The van der Waals surface area contributed by atoms with Crippen molar-refractivity contribution in [3.63, 3.8) is 0 Å². The average molecular weight is 391 g/mol. The Morgan fingerprint density at radius 3 is 2.45 bits per heavy atom. The molecule has 0 aliphatic rings. The molecule has 0 atom stereocenters. The topological polar surface area (TPSA) is 114 Å². The molecular formula is C21H17N3O5. The fourth-order valence-electron chi connectivity index (χ4n) is 2.49. The van der Waals surface area contributed by atoms with E-state index in [4.69, 9.17) is 4.74 Å². The number of phenolic OH excluding ortho intramolecular Hbond substituents is 1. The van der Waals surface area contributed by atoms with Crippen LogP contribution in [0, 0.1) is 10.1 Å². The number of hydrazone groups is 1. The molecule has 0 aliphatic heterocycles. The molecule has 1 amide bonds. The van der Waals surface area contributed by atoms with E-state index < -0.39 is 10.8 Å². The van der Waals surface area contributed by atoms with Gasteiger partial charge in [-0.2, -0.15) is 5.10 Å². The monoisotopic (exact) mass is 391 g/mol. The Bertz CT molecular complexity index is 1030. The highest BCUT2D eigenvalue weighted by Gasteiger charge is 2.09. The summed E-state index contributed by atoms with van der Waals surface area (Å²) >= 11 is 0. The highest BCUT2D eigenvalue weighted by Crippen LogP contribution is 2.22. The zero-order valence-corrected chi connectivity index (χ0v) is 15.2. The van der Waals surface area contributed by atoms with Gasteiger partial charge in [-0.15, -0.1) is 0 Å². The van der Waals surface area contributed by atoms with Gasteiger partial charge in [0.15, 0.2) is 6.61 Å². The third-order valence-corrected chi connectivity index (χ3v) is 3.95. The highest BCUT2D eigenvalue weighted by molar-refractivity contribution is 5.86. The van der Waals surface area contributed by atoms with Crippen LogP contribution < -0.4 is 10.2 Å². The van der Waals surface area contributed by atoms with Crippen LogP contribution in [0.5, 0.6) is 11.5 Å². The zero-order valence-electron chi connectivity index (χ0n) is 15.2. The number of nitro groups is 1. The van der Waals surface area contributed by atoms with Gasteiger partial charge in [0.2, 0.25) is 0 Å². The van der Waals surface area contributed by atoms with E-state index in [0.29, 0.717) is 5.75 Å². The smallest absolute Gasteiger partial charge is 0.277 e. The first-order valence-electron chi connectivity index (χ1n) is 8.60. The minimum Gasteiger partial charge on any atom is -0.507 e. The molecule has 0 bridgehead atoms. The van der Waals surface area contributed by atoms with Crippen molar-refractivity contribution in [3.05, 3.63) is 88.5 Å². The van der Waals surface area contributed by atoms with Gasteiger partial charge in [0.05, 0.1) is 11.1 Å². The number of carbonyl (C=O) groups excluding carboxylic acids is 1. The second-order valence-electron chi connectivity index (χ2n) is 5.97. The summed E-state index contributed by atoms with van der Waals surface area (Å²) in [6.45, 7) is -0.261. The lowest BCUT2D eigenvalue weighted by atomic mass is 10.1. The molecule has 0 saturated carbocycles. The maximum Gasteiger partial charge on any atom is 0.277 e. The SMILES string of the molecule is O=C(COc1ccc(-c2ccccc2)cc1)N/N=C/c1cc([N+](=O)[O-])ccc1O. The normalized spacial score (nSPS) is 10.6. The minimum absolute atomic E-state index is 0.108. The summed E-state index contributed by atoms with van der Waals surface area (Å²) < 4.78 is 5.41. The van der Waals surface area contributed by atoms with Crippen LogP contribution in [-0.2, 0) is 4.79 Å². The maximum absolute atomic E-state index is 11.8. The third kappa shape index (κ3) is 5.39. The number of benzene rings is 3. The van der Waals surface area contributed by atoms with Gasteiger partial charge >= 0.3 is 0 Å². The first kappa shape index (κ1) is 19.6. The molecule has 0 fully saturated rings. The van der Waals surface area contributed by atoms with Crippen LogP contribution in [0.4, 0.5) is 5.69 Å². The maximum atomic E-state index is 11.8. The van der Waals surface area contributed by atoms with Gasteiger partial charge in [0.1, 0.15) is 11.5 Å². The van der Waals surface area contributed by atoms with Crippen molar-refractivity contribution in [3.8, 4) is 22.6 Å². The van der Waals surface area contributed by atoms with Gasteiger partial charge < -0.3 is 9.84 Å². The fraction of sp³-hybridized carbons (Fsp3) is 0.0476. The summed E-state index contributed by atoms with van der Waals surface area (Å²) in [6.07, 6.45) is 1.12. The van der Waals surface area contributed by atoms with Crippen molar-refractivity contribution < 1.29 is 19.6 Å². The molecule has 0 saturated heterocycles. The Kier molecular flexibility index (Phi) is 6.16. The predicted octanol–water partition coefficient (Wildman–Crippen LogP) is 3.50. The lowest BCUT2D eigenvalue weighted by Crippen LogP contribution is -2.24. The van der Waals surface area contributed by atoms with E-state index in [1.165, 1.54) is 12.1 Å². The van der Waals surface area contributed by atoms with E-state index >= 15 is 0 Å². The van der Waals surface area contributed by atoms with Crippen molar-refractivity contribution >= 4 is 17.8 Å². The summed E-state index contributed by atoms with van der Waals surface area (Å²) in [7, 11) is 0. The molecule has 0 spiro atoms. The number of nitrogens with one attached hydrogen (secondary N) is 1. The van der Waals surface area contributed by atoms with E-state index in [1.54, 1.807) is 12.1 Å². The van der Waals surface area contributed by atoms with Crippen LogP contribution in [0.3, 0.4) is 0 Å². The fourth-order valence-corrected chi connectivity index (χ4v) is 2.49. The van der Waals surface area contributed by atoms with Crippen LogP contribution in [0.15, 0.2) is 77.9 Å². The summed E-state index contributed by atoms with van der Waals surface area (Å²) in [5, 5.41) is 24.1. The Balaban J connectivity index is 1.52. The summed E-state index contributed by atoms with van der Waals surface area (Å²) in [5.74, 6) is -0.179. The number of phenols is 1. The average Bonchev–Trinajstić information content (AvgIpc) is 2.74. The Hall–Kier alpha value is -4.20.